The topological polar surface area (TPSA) is 131 Å². The Morgan fingerprint density at radius 1 is 1.05 bits per heavy atom. The van der Waals surface area contributed by atoms with Crippen molar-refractivity contribution in [3.05, 3.63) is 102 Å². The number of aromatic nitrogens is 2. The Kier molecular flexibility index (Phi) is 7.52. The number of Topliss-reactive ketones (excluding diaryl/α,β-unsaturated/α-hetero) is 1. The Bertz CT molecular complexity index is 1770. The summed E-state index contributed by atoms with van der Waals surface area (Å²) in [5, 5.41) is 9.58. The van der Waals surface area contributed by atoms with Crippen LogP contribution >= 0.6 is 12.4 Å². The average molecular weight is 548 g/mol. The highest BCUT2D eigenvalue weighted by Gasteiger charge is 2.19. The van der Waals surface area contributed by atoms with Gasteiger partial charge in [-0.25, -0.2) is 8.42 Å². The smallest absolute Gasteiger partial charge is 0.262 e. The number of nitrogens with one attached hydrogen (secondary N) is 2. The number of carbonyl (C=O) groups excluding carboxylic acids is 1. The fourth-order valence-electron chi connectivity index (χ4n) is 4.45. The molecule has 0 amide bonds. The van der Waals surface area contributed by atoms with Crippen LogP contribution in [-0.4, -0.2) is 29.6 Å². The number of sulfonamides is 1. The van der Waals surface area contributed by atoms with E-state index in [1.165, 1.54) is 0 Å². The van der Waals surface area contributed by atoms with Gasteiger partial charge in [0.1, 0.15) is 5.84 Å². The fourth-order valence-corrected chi connectivity index (χ4v) is 5.73. The Balaban J connectivity index is 0.00000336. The number of fused-ring (bicyclic) bond motifs is 2. The molecule has 2 aromatic heterocycles. The molecule has 10 heteroatoms. The highest BCUT2D eigenvalue weighted by Crippen LogP contribution is 2.28. The third kappa shape index (κ3) is 5.25. The van der Waals surface area contributed by atoms with E-state index in [4.69, 9.17) is 11.1 Å². The van der Waals surface area contributed by atoms with E-state index in [9.17, 15) is 13.2 Å². The minimum Gasteiger partial charge on any atom is -0.384 e. The van der Waals surface area contributed by atoms with Gasteiger partial charge in [-0.2, -0.15) is 0 Å². The van der Waals surface area contributed by atoms with Crippen LogP contribution < -0.4 is 10.5 Å². The van der Waals surface area contributed by atoms with Gasteiger partial charge in [-0.05, 0) is 36.2 Å². The number of hydrogen-bond donors (Lipinski definition) is 3. The predicted molar refractivity (Wildman–Crippen MR) is 153 cm³/mol. The van der Waals surface area contributed by atoms with Gasteiger partial charge in [0.15, 0.2) is 5.78 Å². The quantitative estimate of drug-likeness (QED) is 0.142. The molecule has 0 atom stereocenters. The van der Waals surface area contributed by atoms with Gasteiger partial charge in [0.2, 0.25) is 0 Å². The summed E-state index contributed by atoms with van der Waals surface area (Å²) in [6.07, 6.45) is 5.86. The number of pyridine rings is 1. The highest BCUT2D eigenvalue weighted by atomic mass is 35.5. The first kappa shape index (κ1) is 26.8. The second-order valence-corrected chi connectivity index (χ2v) is 10.5. The summed E-state index contributed by atoms with van der Waals surface area (Å²) in [5.41, 5.74) is 8.88. The van der Waals surface area contributed by atoms with E-state index < -0.39 is 10.0 Å². The van der Waals surface area contributed by atoms with E-state index in [1.54, 1.807) is 67.1 Å². The van der Waals surface area contributed by atoms with Crippen LogP contribution in [0.4, 0.5) is 5.69 Å². The van der Waals surface area contributed by atoms with Crippen molar-refractivity contribution in [3.63, 3.8) is 0 Å². The van der Waals surface area contributed by atoms with Crippen LogP contribution in [0.25, 0.3) is 21.7 Å². The van der Waals surface area contributed by atoms with E-state index in [0.717, 1.165) is 21.9 Å². The molecule has 38 heavy (non-hydrogen) atoms. The molecule has 8 nitrogen and oxygen atoms in total. The molecule has 5 rings (SSSR count). The normalized spacial score (nSPS) is 11.3. The number of carbonyl (C=O) groups is 1. The standard InChI is InChI=1S/C28H25N5O3S.ClH/c1-33-17-24(26(34)12-7-18-5-8-19(9-6-18)28(29)30)23-11-10-21(15-25(23)33)32-37(35,36)27-4-2-3-20-16-31-14-13-22(20)27;/h2-6,8-11,13-17,32H,7,12H2,1H3,(H3,29,30);1H. The maximum Gasteiger partial charge on any atom is 0.262 e. The summed E-state index contributed by atoms with van der Waals surface area (Å²) in [6, 6.07) is 19.2. The highest BCUT2D eigenvalue weighted by molar-refractivity contribution is 7.93. The van der Waals surface area contributed by atoms with Gasteiger partial charge in [-0.15, -0.1) is 12.4 Å². The first-order valence-electron chi connectivity index (χ1n) is 11.6. The summed E-state index contributed by atoms with van der Waals surface area (Å²) in [5.74, 6) is 0.00778. The van der Waals surface area contributed by atoms with Crippen molar-refractivity contribution in [2.24, 2.45) is 12.8 Å². The van der Waals surface area contributed by atoms with Crippen LogP contribution in [0, 0.1) is 5.41 Å². The predicted octanol–water partition coefficient (Wildman–Crippen LogP) is 5.05. The third-order valence-corrected chi connectivity index (χ3v) is 7.82. The molecule has 0 aliphatic heterocycles. The van der Waals surface area contributed by atoms with Crippen molar-refractivity contribution >= 4 is 61.4 Å². The molecule has 0 aliphatic carbocycles. The van der Waals surface area contributed by atoms with Gasteiger partial charge in [0, 0.05) is 59.3 Å². The van der Waals surface area contributed by atoms with Crippen molar-refractivity contribution in [2.75, 3.05) is 4.72 Å². The van der Waals surface area contributed by atoms with Crippen molar-refractivity contribution in [1.29, 1.82) is 5.41 Å². The van der Waals surface area contributed by atoms with E-state index in [0.29, 0.717) is 35.0 Å². The monoisotopic (exact) mass is 547 g/mol. The summed E-state index contributed by atoms with van der Waals surface area (Å²) < 4.78 is 30.9. The number of benzene rings is 3. The molecule has 0 saturated heterocycles. The van der Waals surface area contributed by atoms with Gasteiger partial charge < -0.3 is 10.3 Å². The van der Waals surface area contributed by atoms with E-state index in [2.05, 4.69) is 9.71 Å². The van der Waals surface area contributed by atoms with Gasteiger partial charge >= 0.3 is 0 Å². The van der Waals surface area contributed by atoms with E-state index in [1.807, 2.05) is 29.8 Å². The lowest BCUT2D eigenvalue weighted by atomic mass is 10.0. The molecular weight excluding hydrogens is 522 g/mol. The van der Waals surface area contributed by atoms with Crippen LogP contribution in [0.2, 0.25) is 0 Å². The molecule has 3 aromatic carbocycles. The minimum absolute atomic E-state index is 0. The Labute approximate surface area is 226 Å². The first-order chi connectivity index (χ1) is 17.7. The van der Waals surface area contributed by atoms with Gasteiger partial charge in [-0.3, -0.25) is 19.9 Å². The second kappa shape index (κ2) is 10.6. The molecular formula is C28H26ClN5O3S. The van der Waals surface area contributed by atoms with Crippen molar-refractivity contribution in [3.8, 4) is 0 Å². The molecule has 4 N–H and O–H groups in total. The van der Waals surface area contributed by atoms with Crippen molar-refractivity contribution < 1.29 is 13.2 Å². The SMILES string of the molecule is Cl.Cn1cc(C(=O)CCc2ccc(C(=N)N)cc2)c2ccc(NS(=O)(=O)c3cccc4cnccc34)cc21. The van der Waals surface area contributed by atoms with Crippen LogP contribution in [0.15, 0.2) is 90.2 Å². The zero-order chi connectivity index (χ0) is 26.2. The molecule has 5 aromatic rings. The molecule has 194 valence electrons. The average Bonchev–Trinajstić information content (AvgIpc) is 3.22. The minimum atomic E-state index is -3.85. The fraction of sp³-hybridized carbons (Fsp3) is 0.107. The zero-order valence-corrected chi connectivity index (χ0v) is 22.1. The second-order valence-electron chi connectivity index (χ2n) is 8.88. The van der Waals surface area contributed by atoms with Crippen LogP contribution in [0.1, 0.15) is 27.9 Å². The number of nitrogen functional groups attached to an aromatic ring is 1. The Morgan fingerprint density at radius 3 is 2.55 bits per heavy atom. The zero-order valence-electron chi connectivity index (χ0n) is 20.5. The Hall–Kier alpha value is -4.21. The number of aryl methyl sites for hydroxylation is 2. The number of ketones is 1. The van der Waals surface area contributed by atoms with Crippen molar-refractivity contribution in [1.82, 2.24) is 9.55 Å². The molecule has 0 saturated carbocycles. The number of amidine groups is 1. The number of halogens is 1. The number of nitrogens with two attached hydrogens (primary N) is 1. The van der Waals surface area contributed by atoms with E-state index >= 15 is 0 Å². The molecule has 0 fully saturated rings. The summed E-state index contributed by atoms with van der Waals surface area (Å²) >= 11 is 0. The molecule has 0 bridgehead atoms. The first-order valence-corrected chi connectivity index (χ1v) is 13.1. The summed E-state index contributed by atoms with van der Waals surface area (Å²) in [4.78, 5) is 17.3. The van der Waals surface area contributed by atoms with Gasteiger partial charge in [-0.1, -0.05) is 42.5 Å². The lowest BCUT2D eigenvalue weighted by Gasteiger charge is -2.11. The number of anilines is 1. The van der Waals surface area contributed by atoms with Crippen LogP contribution in [-0.2, 0) is 23.5 Å². The van der Waals surface area contributed by atoms with Crippen LogP contribution in [0.5, 0.6) is 0 Å². The van der Waals surface area contributed by atoms with Crippen LogP contribution in [0.3, 0.4) is 0 Å². The number of rotatable bonds is 8. The summed E-state index contributed by atoms with van der Waals surface area (Å²) in [7, 11) is -2.02. The Morgan fingerprint density at radius 2 is 1.82 bits per heavy atom. The number of nitrogens with zero attached hydrogens (tertiary/aromatic N) is 2. The third-order valence-electron chi connectivity index (χ3n) is 6.38. The van der Waals surface area contributed by atoms with Gasteiger partial charge in [0.25, 0.3) is 10.0 Å². The van der Waals surface area contributed by atoms with E-state index in [-0.39, 0.29) is 28.9 Å². The molecule has 0 aliphatic rings. The maximum absolute atomic E-state index is 13.2. The molecule has 2 heterocycles. The number of hydrogen-bond acceptors (Lipinski definition) is 5. The van der Waals surface area contributed by atoms with Crippen molar-refractivity contribution in [2.45, 2.75) is 17.7 Å². The van der Waals surface area contributed by atoms with Gasteiger partial charge in [0.05, 0.1) is 16.1 Å². The maximum atomic E-state index is 13.2. The lowest BCUT2D eigenvalue weighted by molar-refractivity contribution is 0.0984. The molecule has 0 unspecified atom stereocenters. The molecule has 0 radical (unpaired) electrons. The lowest BCUT2D eigenvalue weighted by Crippen LogP contribution is -2.13. The largest absolute Gasteiger partial charge is 0.384 e. The summed E-state index contributed by atoms with van der Waals surface area (Å²) in [6.45, 7) is 0. The molecule has 0 spiro atoms.